The van der Waals surface area contributed by atoms with E-state index in [9.17, 15) is 9.90 Å². The second-order valence-electron chi connectivity index (χ2n) is 4.50. The van der Waals surface area contributed by atoms with Gasteiger partial charge >= 0.3 is 5.97 Å². The highest BCUT2D eigenvalue weighted by Crippen LogP contribution is 2.10. The molecule has 100 valence electrons. The Bertz CT molecular complexity index is 222. The number of carbonyl (C=O) groups is 1. The van der Waals surface area contributed by atoms with Crippen LogP contribution < -0.4 is 0 Å². The molecule has 0 radical (unpaired) electrons. The van der Waals surface area contributed by atoms with Crippen molar-refractivity contribution in [2.45, 2.75) is 71.1 Å². The van der Waals surface area contributed by atoms with E-state index in [1.807, 2.05) is 0 Å². The van der Waals surface area contributed by atoms with Gasteiger partial charge in [-0.15, -0.1) is 0 Å². The zero-order chi connectivity index (χ0) is 12.9. The lowest BCUT2D eigenvalue weighted by Gasteiger charge is -2.00. The van der Waals surface area contributed by atoms with Crippen LogP contribution in [0.1, 0.15) is 71.1 Å². The molecule has 0 bridgehead atoms. The lowest BCUT2D eigenvalue weighted by molar-refractivity contribution is -0.137. The standard InChI is InChI=1S/C14H26O3/c1-2-3-4-5-6-7-8-9-10-13(15)11-12-14(16)17/h10,15H,2-9,11-12H2,1H3,(H,16,17). The SMILES string of the molecule is CCCCCCCCCC=C(O)CCC(=O)O. The molecule has 3 nitrogen and oxygen atoms in total. The molecule has 0 amide bonds. The predicted octanol–water partition coefficient (Wildman–Crippen LogP) is 4.43. The van der Waals surface area contributed by atoms with E-state index in [1.54, 1.807) is 6.08 Å². The van der Waals surface area contributed by atoms with E-state index in [4.69, 9.17) is 5.11 Å². The Balaban J connectivity index is 3.30. The van der Waals surface area contributed by atoms with E-state index in [0.29, 0.717) is 0 Å². The van der Waals surface area contributed by atoms with Crippen LogP contribution in [0.4, 0.5) is 0 Å². The molecule has 0 spiro atoms. The molecule has 0 saturated heterocycles. The lowest BCUT2D eigenvalue weighted by Crippen LogP contribution is -1.95. The minimum Gasteiger partial charge on any atom is -0.513 e. The molecule has 2 N–H and O–H groups in total. The molecular formula is C14H26O3. The van der Waals surface area contributed by atoms with Crippen molar-refractivity contribution < 1.29 is 15.0 Å². The zero-order valence-electron chi connectivity index (χ0n) is 11.0. The number of aliphatic hydroxyl groups excluding tert-OH is 1. The Hall–Kier alpha value is -0.990. The summed E-state index contributed by atoms with van der Waals surface area (Å²) >= 11 is 0. The van der Waals surface area contributed by atoms with E-state index >= 15 is 0 Å². The number of allylic oxidation sites excluding steroid dienone is 2. The van der Waals surface area contributed by atoms with Crippen LogP contribution in [0, 0.1) is 0 Å². The Kier molecular flexibility index (Phi) is 10.8. The fourth-order valence-corrected chi connectivity index (χ4v) is 1.71. The molecule has 0 fully saturated rings. The normalized spacial score (nSPS) is 11.7. The molecule has 0 aromatic rings. The van der Waals surface area contributed by atoms with Crippen LogP contribution in [0.2, 0.25) is 0 Å². The van der Waals surface area contributed by atoms with Crippen molar-refractivity contribution in [3.8, 4) is 0 Å². The average Bonchev–Trinajstić information content (AvgIpc) is 2.30. The molecule has 0 aliphatic heterocycles. The third kappa shape index (κ3) is 12.9. The Labute approximate surface area is 105 Å². The van der Waals surface area contributed by atoms with Gasteiger partial charge in [0.05, 0.1) is 12.2 Å². The quantitative estimate of drug-likeness (QED) is 0.416. The monoisotopic (exact) mass is 242 g/mol. The summed E-state index contributed by atoms with van der Waals surface area (Å²) in [5.74, 6) is -0.640. The largest absolute Gasteiger partial charge is 0.513 e. The number of hydrogen-bond donors (Lipinski definition) is 2. The fraction of sp³-hybridized carbons (Fsp3) is 0.786. The maximum absolute atomic E-state index is 10.3. The van der Waals surface area contributed by atoms with Gasteiger partial charge < -0.3 is 10.2 Å². The van der Waals surface area contributed by atoms with Gasteiger partial charge in [0.2, 0.25) is 0 Å². The molecule has 0 aromatic carbocycles. The molecule has 0 aliphatic rings. The number of unbranched alkanes of at least 4 members (excludes halogenated alkanes) is 7. The molecule has 0 aromatic heterocycles. The molecule has 0 rings (SSSR count). The van der Waals surface area contributed by atoms with Crippen LogP contribution in [-0.4, -0.2) is 16.2 Å². The Morgan fingerprint density at radius 1 is 0.941 bits per heavy atom. The minimum atomic E-state index is -0.860. The van der Waals surface area contributed by atoms with Crippen LogP contribution in [-0.2, 0) is 4.79 Å². The summed E-state index contributed by atoms with van der Waals surface area (Å²) in [5, 5.41) is 17.8. The van der Waals surface area contributed by atoms with E-state index < -0.39 is 5.97 Å². The van der Waals surface area contributed by atoms with Crippen LogP contribution in [0.25, 0.3) is 0 Å². The molecule has 0 heterocycles. The van der Waals surface area contributed by atoms with Crippen molar-refractivity contribution in [1.29, 1.82) is 0 Å². The lowest BCUT2D eigenvalue weighted by atomic mass is 10.1. The second kappa shape index (κ2) is 11.5. The van der Waals surface area contributed by atoms with Gasteiger partial charge in [-0.2, -0.15) is 0 Å². The third-order valence-corrected chi connectivity index (χ3v) is 2.78. The first kappa shape index (κ1) is 16.0. The molecule has 0 unspecified atom stereocenters. The van der Waals surface area contributed by atoms with Gasteiger partial charge in [0.1, 0.15) is 0 Å². The van der Waals surface area contributed by atoms with E-state index in [0.717, 1.165) is 12.8 Å². The molecule has 3 heteroatoms. The van der Waals surface area contributed by atoms with Crippen molar-refractivity contribution in [2.24, 2.45) is 0 Å². The molecule has 0 saturated carbocycles. The summed E-state index contributed by atoms with van der Waals surface area (Å²) in [6.45, 7) is 2.21. The number of aliphatic carboxylic acids is 1. The highest BCUT2D eigenvalue weighted by atomic mass is 16.4. The highest BCUT2D eigenvalue weighted by molar-refractivity contribution is 5.66. The number of carboxylic acid groups (broad SMARTS) is 1. The van der Waals surface area contributed by atoms with Crippen molar-refractivity contribution in [3.63, 3.8) is 0 Å². The van der Waals surface area contributed by atoms with Crippen molar-refractivity contribution in [3.05, 3.63) is 11.8 Å². The van der Waals surface area contributed by atoms with Gasteiger partial charge in [-0.3, -0.25) is 4.79 Å². The topological polar surface area (TPSA) is 57.5 Å². The van der Waals surface area contributed by atoms with Gasteiger partial charge in [-0.25, -0.2) is 0 Å². The smallest absolute Gasteiger partial charge is 0.303 e. The van der Waals surface area contributed by atoms with Gasteiger partial charge in [0.25, 0.3) is 0 Å². The fourth-order valence-electron chi connectivity index (χ4n) is 1.71. The number of hydrogen-bond acceptors (Lipinski definition) is 2. The first-order valence-electron chi connectivity index (χ1n) is 6.76. The van der Waals surface area contributed by atoms with Crippen LogP contribution >= 0.6 is 0 Å². The van der Waals surface area contributed by atoms with Gasteiger partial charge in [0.15, 0.2) is 0 Å². The van der Waals surface area contributed by atoms with Crippen molar-refractivity contribution in [2.75, 3.05) is 0 Å². The molecule has 0 atom stereocenters. The molecule has 0 aliphatic carbocycles. The molecular weight excluding hydrogens is 216 g/mol. The Morgan fingerprint density at radius 3 is 2.12 bits per heavy atom. The van der Waals surface area contributed by atoms with Crippen molar-refractivity contribution >= 4 is 5.97 Å². The third-order valence-electron chi connectivity index (χ3n) is 2.78. The van der Waals surface area contributed by atoms with E-state index in [1.165, 1.54) is 38.5 Å². The molecule has 17 heavy (non-hydrogen) atoms. The summed E-state index contributed by atoms with van der Waals surface area (Å²) in [6.07, 6.45) is 11.7. The number of aliphatic hydroxyl groups is 1. The van der Waals surface area contributed by atoms with Crippen molar-refractivity contribution in [1.82, 2.24) is 0 Å². The maximum Gasteiger partial charge on any atom is 0.303 e. The first-order chi connectivity index (χ1) is 8.16. The minimum absolute atomic E-state index is 0.0132. The second-order valence-corrected chi connectivity index (χ2v) is 4.50. The number of carboxylic acids is 1. The zero-order valence-corrected chi connectivity index (χ0v) is 11.0. The summed E-state index contributed by atoms with van der Waals surface area (Å²) in [4.78, 5) is 10.3. The van der Waals surface area contributed by atoms with Crippen LogP contribution in [0.5, 0.6) is 0 Å². The summed E-state index contributed by atoms with van der Waals surface area (Å²) < 4.78 is 0. The van der Waals surface area contributed by atoms with Gasteiger partial charge in [-0.05, 0) is 18.9 Å². The number of rotatable bonds is 11. The Morgan fingerprint density at radius 2 is 1.53 bits per heavy atom. The van der Waals surface area contributed by atoms with Crippen LogP contribution in [0.15, 0.2) is 11.8 Å². The highest BCUT2D eigenvalue weighted by Gasteiger charge is 1.99. The maximum atomic E-state index is 10.3. The van der Waals surface area contributed by atoms with Crippen LogP contribution in [0.3, 0.4) is 0 Å². The van der Waals surface area contributed by atoms with E-state index in [-0.39, 0.29) is 18.6 Å². The van der Waals surface area contributed by atoms with Gasteiger partial charge in [-0.1, -0.05) is 45.4 Å². The summed E-state index contributed by atoms with van der Waals surface area (Å²) in [7, 11) is 0. The predicted molar refractivity (Wildman–Crippen MR) is 70.2 cm³/mol. The van der Waals surface area contributed by atoms with E-state index in [2.05, 4.69) is 6.92 Å². The summed E-state index contributed by atoms with van der Waals surface area (Å²) in [6, 6.07) is 0. The first-order valence-corrected chi connectivity index (χ1v) is 6.76. The van der Waals surface area contributed by atoms with Gasteiger partial charge in [0, 0.05) is 6.42 Å². The summed E-state index contributed by atoms with van der Waals surface area (Å²) in [5.41, 5.74) is 0. The average molecular weight is 242 g/mol.